The Morgan fingerprint density at radius 2 is 1.68 bits per heavy atom. The van der Waals surface area contributed by atoms with Crippen LogP contribution in [0.4, 0.5) is 18.9 Å². The molecule has 0 heterocycles. The Balaban J connectivity index is 1.31. The third kappa shape index (κ3) is 5.71. The first-order valence-electron chi connectivity index (χ1n) is 13.3. The number of anilines is 1. The van der Waals surface area contributed by atoms with E-state index in [0.717, 1.165) is 18.9 Å². The van der Waals surface area contributed by atoms with E-state index in [1.807, 2.05) is 0 Å². The summed E-state index contributed by atoms with van der Waals surface area (Å²) in [7, 11) is -2.52. The van der Waals surface area contributed by atoms with Crippen LogP contribution in [-0.2, 0) is 19.4 Å². The maximum Gasteiger partial charge on any atom is 0.255 e. The van der Waals surface area contributed by atoms with E-state index in [1.165, 1.54) is 12.1 Å². The van der Waals surface area contributed by atoms with E-state index in [0.29, 0.717) is 31.6 Å². The molecule has 3 fully saturated rings. The summed E-state index contributed by atoms with van der Waals surface area (Å²) in [5.41, 5.74) is -2.22. The number of benzene rings is 2. The van der Waals surface area contributed by atoms with Crippen LogP contribution in [0.25, 0.3) is 0 Å². The van der Waals surface area contributed by atoms with Crippen molar-refractivity contribution in [2.45, 2.75) is 66.2 Å². The summed E-state index contributed by atoms with van der Waals surface area (Å²) < 4.78 is 73.1. The first-order chi connectivity index (χ1) is 19.3. The molecule has 2 unspecified atom stereocenters. The van der Waals surface area contributed by atoms with E-state index in [9.17, 15) is 36.3 Å². The number of methoxy groups -OCH3 is 1. The lowest BCUT2D eigenvalue weighted by Gasteiger charge is -2.42. The predicted molar refractivity (Wildman–Crippen MR) is 144 cm³/mol. The topological polar surface area (TPSA) is 122 Å². The molecule has 3 aliphatic rings. The maximum atomic E-state index is 13.8. The minimum Gasteiger partial charge on any atom is -0.389 e. The Morgan fingerprint density at radius 1 is 1.07 bits per heavy atom. The molecule has 222 valence electrons. The van der Waals surface area contributed by atoms with Gasteiger partial charge in [0, 0.05) is 30.5 Å². The number of rotatable bonds is 9. The Bertz CT molecular complexity index is 1460. The largest absolute Gasteiger partial charge is 0.389 e. The van der Waals surface area contributed by atoms with E-state index in [1.54, 1.807) is 7.11 Å². The molecule has 3 aliphatic carbocycles. The fraction of sp³-hybridized carbons (Fsp3) is 0.500. The number of ether oxygens (including phenoxy) is 1. The van der Waals surface area contributed by atoms with Crippen LogP contribution in [-0.4, -0.2) is 55.4 Å². The molecular weight excluding hydrogens is 585 g/mol. The molecule has 2 atom stereocenters. The fourth-order valence-electron chi connectivity index (χ4n) is 6.36. The van der Waals surface area contributed by atoms with Gasteiger partial charge < -0.3 is 20.5 Å². The number of halogens is 4. The summed E-state index contributed by atoms with van der Waals surface area (Å²) >= 11 is 6.27. The van der Waals surface area contributed by atoms with Gasteiger partial charge in [0.2, 0.25) is 5.91 Å². The first-order valence-corrected chi connectivity index (χ1v) is 15.2. The van der Waals surface area contributed by atoms with Gasteiger partial charge in [-0.3, -0.25) is 9.59 Å². The van der Waals surface area contributed by atoms with Crippen molar-refractivity contribution in [3.8, 4) is 0 Å². The Kier molecular flexibility index (Phi) is 7.90. The smallest absolute Gasteiger partial charge is 0.255 e. The van der Waals surface area contributed by atoms with E-state index >= 15 is 0 Å². The normalized spacial score (nSPS) is 26.4. The summed E-state index contributed by atoms with van der Waals surface area (Å²) in [6.45, 7) is 0.389. The van der Waals surface area contributed by atoms with Crippen LogP contribution in [0.1, 0.15) is 55.3 Å². The van der Waals surface area contributed by atoms with E-state index < -0.39 is 61.4 Å². The molecule has 0 aromatic heterocycles. The summed E-state index contributed by atoms with van der Waals surface area (Å²) in [6, 6.07) is 4.78. The molecular formula is C28H30ClF3N2O6S. The number of hydrogen-bond donors (Lipinski definition) is 3. The summed E-state index contributed by atoms with van der Waals surface area (Å²) in [6.07, 6.45) is 2.86. The van der Waals surface area contributed by atoms with Gasteiger partial charge in [-0.25, -0.2) is 21.6 Å². The number of carbonyl (C=O) groups is 2. The minimum absolute atomic E-state index is 0.110. The number of fused-ring (bicyclic) bond motifs is 2. The van der Waals surface area contributed by atoms with E-state index in [4.69, 9.17) is 16.3 Å². The molecule has 2 amide bonds. The molecule has 41 heavy (non-hydrogen) atoms. The van der Waals surface area contributed by atoms with Gasteiger partial charge in [-0.1, -0.05) is 11.6 Å². The lowest BCUT2D eigenvalue weighted by molar-refractivity contribution is -0.134. The monoisotopic (exact) mass is 614 g/mol. The predicted octanol–water partition coefficient (Wildman–Crippen LogP) is 4.39. The molecule has 5 rings (SSSR count). The molecule has 0 radical (unpaired) electrons. The Morgan fingerprint density at radius 3 is 2.24 bits per heavy atom. The van der Waals surface area contributed by atoms with Gasteiger partial charge in [0.25, 0.3) is 5.91 Å². The van der Waals surface area contributed by atoms with Crippen molar-refractivity contribution in [3.05, 3.63) is 58.4 Å². The van der Waals surface area contributed by atoms with Crippen LogP contribution in [0.2, 0.25) is 5.02 Å². The van der Waals surface area contributed by atoms with Crippen molar-refractivity contribution in [3.63, 3.8) is 0 Å². The van der Waals surface area contributed by atoms with Gasteiger partial charge in [0.15, 0.2) is 27.3 Å². The highest BCUT2D eigenvalue weighted by Gasteiger charge is 2.57. The maximum absolute atomic E-state index is 13.8. The third-order valence-electron chi connectivity index (χ3n) is 8.68. The van der Waals surface area contributed by atoms with Crippen molar-refractivity contribution in [1.29, 1.82) is 0 Å². The van der Waals surface area contributed by atoms with E-state index in [-0.39, 0.29) is 46.3 Å². The number of amides is 2. The van der Waals surface area contributed by atoms with Crippen LogP contribution in [0.5, 0.6) is 0 Å². The van der Waals surface area contributed by atoms with Crippen LogP contribution >= 0.6 is 11.6 Å². The number of aliphatic hydroxyl groups is 1. The molecule has 2 aromatic rings. The molecule has 13 heteroatoms. The second-order valence-corrected chi connectivity index (χ2v) is 14.0. The van der Waals surface area contributed by atoms with Crippen LogP contribution < -0.4 is 10.6 Å². The van der Waals surface area contributed by atoms with Crippen molar-refractivity contribution in [2.75, 3.05) is 19.0 Å². The SMILES string of the molecule is COCC1(NC(=O)CC2(O)C3CCC2CC(S(=O)(=O)c2cc(C(=O)Nc4cc(F)c(F)c(F)c4)ccc2Cl)C3)CC1. The number of carbonyl (C=O) groups excluding carboxylic acids is 2. The van der Waals surface area contributed by atoms with Gasteiger partial charge in [0.05, 0.1) is 39.3 Å². The zero-order chi connectivity index (χ0) is 29.7. The highest BCUT2D eigenvalue weighted by Crippen LogP contribution is 2.53. The van der Waals surface area contributed by atoms with Crippen LogP contribution in [0, 0.1) is 29.3 Å². The molecule has 0 spiro atoms. The average molecular weight is 615 g/mol. The second kappa shape index (κ2) is 10.9. The molecule has 2 bridgehead atoms. The summed E-state index contributed by atoms with van der Waals surface area (Å²) in [4.78, 5) is 25.3. The van der Waals surface area contributed by atoms with Crippen LogP contribution in [0.15, 0.2) is 35.2 Å². The highest BCUT2D eigenvalue weighted by molar-refractivity contribution is 7.92. The zero-order valence-corrected chi connectivity index (χ0v) is 23.8. The second-order valence-electron chi connectivity index (χ2n) is 11.4. The molecule has 0 saturated heterocycles. The molecule has 3 saturated carbocycles. The van der Waals surface area contributed by atoms with Crippen molar-refractivity contribution in [2.24, 2.45) is 11.8 Å². The van der Waals surface area contributed by atoms with Gasteiger partial charge in [0.1, 0.15) is 0 Å². The number of sulfone groups is 1. The van der Waals surface area contributed by atoms with Gasteiger partial charge in [-0.05, 0) is 68.6 Å². The molecule has 8 nitrogen and oxygen atoms in total. The molecule has 0 aliphatic heterocycles. The zero-order valence-electron chi connectivity index (χ0n) is 22.2. The van der Waals surface area contributed by atoms with Crippen LogP contribution in [0.3, 0.4) is 0 Å². The summed E-state index contributed by atoms with van der Waals surface area (Å²) in [5, 5.41) is 15.8. The van der Waals surface area contributed by atoms with Gasteiger partial charge in [-0.15, -0.1) is 0 Å². The lowest BCUT2D eigenvalue weighted by Crippen LogP contribution is -2.52. The minimum atomic E-state index is -4.08. The van der Waals surface area contributed by atoms with Gasteiger partial charge in [-0.2, -0.15) is 0 Å². The first kappa shape index (κ1) is 29.8. The number of nitrogens with one attached hydrogen (secondary N) is 2. The standard InChI is InChI=1S/C28H30ClF3N2O6S/c1-40-14-27(6-7-27)34-24(35)13-28(37)16-3-4-17(28)10-19(9-16)41(38,39)23-8-15(2-5-20(23)29)26(36)33-18-11-21(30)25(32)22(31)12-18/h2,5,8,11-12,16-17,19,37H,3-4,6-7,9-10,13-14H2,1H3,(H,33,36)(H,34,35). The summed E-state index contributed by atoms with van der Waals surface area (Å²) in [5.74, 6) is -6.68. The molecule has 2 aromatic carbocycles. The van der Waals surface area contributed by atoms with Crippen molar-refractivity contribution >= 4 is 38.9 Å². The fourth-order valence-corrected chi connectivity index (χ4v) is 8.76. The van der Waals surface area contributed by atoms with Crippen molar-refractivity contribution in [1.82, 2.24) is 5.32 Å². The Hall–Kier alpha value is -2.67. The quantitative estimate of drug-likeness (QED) is 0.360. The average Bonchev–Trinajstić information content (AvgIpc) is 3.64. The van der Waals surface area contributed by atoms with Gasteiger partial charge >= 0.3 is 0 Å². The van der Waals surface area contributed by atoms with Crippen molar-refractivity contribution < 1.29 is 41.0 Å². The highest BCUT2D eigenvalue weighted by atomic mass is 35.5. The third-order valence-corrected chi connectivity index (χ3v) is 11.3. The molecule has 3 N–H and O–H groups in total. The lowest BCUT2D eigenvalue weighted by atomic mass is 9.72. The Labute approximate surface area is 240 Å². The number of hydrogen-bond acceptors (Lipinski definition) is 6. The van der Waals surface area contributed by atoms with E-state index in [2.05, 4.69) is 10.6 Å².